The standard InChI is InChI=1S/C18H22N4O3/c23-18(15-11-19-5-6-20-15)21-10-13-3-4-16-17(13)25-9-7-22(16)12-14-2-1-8-24-14/h1-2,5-6,8,11,13,16-17H,3-4,7,9-10,12H2,(H,21,23)/t13-,16-,17-/m0/s1. The van der Waals surface area contributed by atoms with Gasteiger partial charge < -0.3 is 14.5 Å². The molecule has 1 aliphatic heterocycles. The molecule has 1 aliphatic carbocycles. The molecule has 2 aromatic heterocycles. The molecule has 1 amide bonds. The minimum absolute atomic E-state index is 0.158. The average Bonchev–Trinajstić information content (AvgIpc) is 3.31. The Balaban J connectivity index is 1.34. The Morgan fingerprint density at radius 1 is 1.36 bits per heavy atom. The molecule has 0 radical (unpaired) electrons. The van der Waals surface area contributed by atoms with Crippen molar-refractivity contribution < 1.29 is 13.9 Å². The van der Waals surface area contributed by atoms with E-state index in [1.54, 1.807) is 12.5 Å². The molecule has 0 spiro atoms. The number of carbonyl (C=O) groups is 1. The third kappa shape index (κ3) is 3.57. The molecule has 2 aliphatic rings. The van der Waals surface area contributed by atoms with Crippen LogP contribution in [0.15, 0.2) is 41.4 Å². The molecule has 4 rings (SSSR count). The number of amides is 1. The van der Waals surface area contributed by atoms with Crippen molar-refractivity contribution in [3.05, 3.63) is 48.4 Å². The van der Waals surface area contributed by atoms with E-state index in [0.29, 0.717) is 24.2 Å². The lowest BCUT2D eigenvalue weighted by atomic mass is 10.0. The Morgan fingerprint density at radius 2 is 2.32 bits per heavy atom. The Bertz CT molecular complexity index is 692. The molecule has 0 unspecified atom stereocenters. The van der Waals surface area contributed by atoms with Crippen LogP contribution in [0.5, 0.6) is 0 Å². The summed E-state index contributed by atoms with van der Waals surface area (Å²) in [6.45, 7) is 3.05. The largest absolute Gasteiger partial charge is 0.468 e. The molecule has 1 saturated carbocycles. The fourth-order valence-corrected chi connectivity index (χ4v) is 3.88. The summed E-state index contributed by atoms with van der Waals surface area (Å²) in [7, 11) is 0. The van der Waals surface area contributed by atoms with E-state index in [0.717, 1.165) is 38.3 Å². The molecule has 3 heterocycles. The molecule has 7 heteroatoms. The highest BCUT2D eigenvalue weighted by atomic mass is 16.5. The van der Waals surface area contributed by atoms with Gasteiger partial charge >= 0.3 is 0 Å². The molecule has 7 nitrogen and oxygen atoms in total. The number of furan rings is 1. The first kappa shape index (κ1) is 16.2. The Labute approximate surface area is 146 Å². The maximum absolute atomic E-state index is 12.2. The minimum Gasteiger partial charge on any atom is -0.468 e. The number of ether oxygens (including phenoxy) is 1. The lowest BCUT2D eigenvalue weighted by molar-refractivity contribution is -0.0772. The van der Waals surface area contributed by atoms with Crippen LogP contribution in [0, 0.1) is 5.92 Å². The summed E-state index contributed by atoms with van der Waals surface area (Å²) in [6, 6.07) is 4.32. The quantitative estimate of drug-likeness (QED) is 0.886. The van der Waals surface area contributed by atoms with Gasteiger partial charge in [-0.3, -0.25) is 14.7 Å². The number of carbonyl (C=O) groups excluding carboxylic acids is 1. The molecular weight excluding hydrogens is 320 g/mol. The van der Waals surface area contributed by atoms with E-state index in [9.17, 15) is 4.79 Å². The predicted octanol–water partition coefficient (Wildman–Crippen LogP) is 1.48. The van der Waals surface area contributed by atoms with Gasteiger partial charge in [-0.1, -0.05) is 0 Å². The van der Waals surface area contributed by atoms with Crippen LogP contribution in [0.25, 0.3) is 0 Å². The van der Waals surface area contributed by atoms with Crippen molar-refractivity contribution in [2.75, 3.05) is 19.7 Å². The van der Waals surface area contributed by atoms with Gasteiger partial charge in [-0.2, -0.15) is 0 Å². The van der Waals surface area contributed by atoms with Crippen molar-refractivity contribution in [1.29, 1.82) is 0 Å². The maximum atomic E-state index is 12.2. The van der Waals surface area contributed by atoms with Crippen LogP contribution in [0.3, 0.4) is 0 Å². The van der Waals surface area contributed by atoms with Gasteiger partial charge in [0.05, 0.1) is 31.7 Å². The van der Waals surface area contributed by atoms with Crippen LogP contribution in [-0.2, 0) is 11.3 Å². The van der Waals surface area contributed by atoms with Crippen molar-refractivity contribution in [3.8, 4) is 0 Å². The summed E-state index contributed by atoms with van der Waals surface area (Å²) < 4.78 is 11.5. The molecule has 2 fully saturated rings. The summed E-state index contributed by atoms with van der Waals surface area (Å²) in [4.78, 5) is 22.6. The highest BCUT2D eigenvalue weighted by Crippen LogP contribution is 2.35. The Morgan fingerprint density at radius 3 is 3.12 bits per heavy atom. The van der Waals surface area contributed by atoms with E-state index in [1.807, 2.05) is 12.1 Å². The van der Waals surface area contributed by atoms with Gasteiger partial charge in [0.25, 0.3) is 5.91 Å². The summed E-state index contributed by atoms with van der Waals surface area (Å²) in [6.07, 6.45) is 8.56. The lowest BCUT2D eigenvalue weighted by Gasteiger charge is -2.38. The summed E-state index contributed by atoms with van der Waals surface area (Å²) in [5.74, 6) is 1.13. The van der Waals surface area contributed by atoms with Crippen molar-refractivity contribution in [2.45, 2.75) is 31.5 Å². The Hall–Kier alpha value is -2.25. The number of hydrogen-bond acceptors (Lipinski definition) is 6. The average molecular weight is 342 g/mol. The smallest absolute Gasteiger partial charge is 0.271 e. The molecule has 2 aromatic rings. The molecule has 1 saturated heterocycles. The van der Waals surface area contributed by atoms with Gasteiger partial charge in [-0.25, -0.2) is 4.98 Å². The van der Waals surface area contributed by atoms with Gasteiger partial charge in [0.2, 0.25) is 0 Å². The third-order valence-corrected chi connectivity index (χ3v) is 5.09. The zero-order valence-electron chi connectivity index (χ0n) is 14.0. The van der Waals surface area contributed by atoms with E-state index < -0.39 is 0 Å². The monoisotopic (exact) mass is 342 g/mol. The van der Waals surface area contributed by atoms with Gasteiger partial charge in [0.15, 0.2) is 0 Å². The normalized spacial score (nSPS) is 26.3. The molecule has 3 atom stereocenters. The maximum Gasteiger partial charge on any atom is 0.271 e. The fraction of sp³-hybridized carbons (Fsp3) is 0.500. The van der Waals surface area contributed by atoms with Crippen LogP contribution in [0.1, 0.15) is 29.1 Å². The molecule has 0 aromatic carbocycles. The number of rotatable bonds is 5. The first-order valence-corrected chi connectivity index (χ1v) is 8.73. The van der Waals surface area contributed by atoms with Crippen molar-refractivity contribution in [2.24, 2.45) is 5.92 Å². The van der Waals surface area contributed by atoms with Crippen LogP contribution in [0.4, 0.5) is 0 Å². The highest BCUT2D eigenvalue weighted by Gasteiger charge is 2.42. The zero-order chi connectivity index (χ0) is 17.1. The van der Waals surface area contributed by atoms with Crippen LogP contribution >= 0.6 is 0 Å². The van der Waals surface area contributed by atoms with Crippen molar-refractivity contribution in [3.63, 3.8) is 0 Å². The lowest BCUT2D eigenvalue weighted by Crippen LogP contribution is -2.50. The SMILES string of the molecule is O=C(NC[C@@H]1CC[C@H]2[C@H]1OCCN2Cc1ccco1)c1cnccn1. The van der Waals surface area contributed by atoms with E-state index in [1.165, 1.54) is 12.4 Å². The summed E-state index contributed by atoms with van der Waals surface area (Å²) in [5.41, 5.74) is 0.348. The minimum atomic E-state index is -0.181. The van der Waals surface area contributed by atoms with Gasteiger partial charge in [0, 0.05) is 37.4 Å². The number of nitrogens with one attached hydrogen (secondary N) is 1. The predicted molar refractivity (Wildman–Crippen MR) is 89.7 cm³/mol. The number of nitrogens with zero attached hydrogens (tertiary/aromatic N) is 3. The molecule has 25 heavy (non-hydrogen) atoms. The van der Waals surface area contributed by atoms with Gasteiger partial charge in [0.1, 0.15) is 11.5 Å². The van der Waals surface area contributed by atoms with Crippen molar-refractivity contribution in [1.82, 2.24) is 20.2 Å². The van der Waals surface area contributed by atoms with Crippen LogP contribution < -0.4 is 5.32 Å². The molecule has 1 N–H and O–H groups in total. The van der Waals surface area contributed by atoms with E-state index in [4.69, 9.17) is 9.15 Å². The first-order chi connectivity index (χ1) is 12.3. The molecule has 0 bridgehead atoms. The highest BCUT2D eigenvalue weighted by molar-refractivity contribution is 5.91. The van der Waals surface area contributed by atoms with E-state index in [-0.39, 0.29) is 12.0 Å². The fourth-order valence-electron chi connectivity index (χ4n) is 3.88. The number of hydrogen-bond donors (Lipinski definition) is 1. The summed E-state index contributed by atoms with van der Waals surface area (Å²) in [5, 5.41) is 2.98. The number of aromatic nitrogens is 2. The van der Waals surface area contributed by atoms with Gasteiger partial charge in [-0.15, -0.1) is 0 Å². The van der Waals surface area contributed by atoms with Crippen LogP contribution in [0.2, 0.25) is 0 Å². The second-order valence-corrected chi connectivity index (χ2v) is 6.59. The topological polar surface area (TPSA) is 80.5 Å². The Kier molecular flexibility index (Phi) is 4.76. The number of morpholine rings is 1. The summed E-state index contributed by atoms with van der Waals surface area (Å²) >= 11 is 0. The molecular formula is C18H22N4O3. The second-order valence-electron chi connectivity index (χ2n) is 6.59. The zero-order valence-corrected chi connectivity index (χ0v) is 14.0. The van der Waals surface area contributed by atoms with Crippen LogP contribution in [-0.4, -0.2) is 52.6 Å². The third-order valence-electron chi connectivity index (χ3n) is 5.09. The number of fused-ring (bicyclic) bond motifs is 1. The van der Waals surface area contributed by atoms with E-state index in [2.05, 4.69) is 20.2 Å². The van der Waals surface area contributed by atoms with Gasteiger partial charge in [-0.05, 0) is 25.0 Å². The molecule has 132 valence electrons. The first-order valence-electron chi connectivity index (χ1n) is 8.73. The van der Waals surface area contributed by atoms with E-state index >= 15 is 0 Å². The van der Waals surface area contributed by atoms with Crippen molar-refractivity contribution >= 4 is 5.91 Å². The second kappa shape index (κ2) is 7.33.